The molecule has 110 valence electrons. The molecule has 0 bridgehead atoms. The monoisotopic (exact) mass is 320 g/mol. The van der Waals surface area contributed by atoms with E-state index < -0.39 is 33.5 Å². The van der Waals surface area contributed by atoms with E-state index in [2.05, 4.69) is 0 Å². The molecule has 1 fully saturated rings. The summed E-state index contributed by atoms with van der Waals surface area (Å²) >= 11 is 5.74. The predicted octanol–water partition coefficient (Wildman–Crippen LogP) is 1.26. The Bertz CT molecular complexity index is 636. The number of amides is 1. The summed E-state index contributed by atoms with van der Waals surface area (Å²) in [6.07, 6.45) is 0.956. The van der Waals surface area contributed by atoms with Crippen molar-refractivity contribution >= 4 is 27.5 Å². The van der Waals surface area contributed by atoms with E-state index in [0.29, 0.717) is 12.8 Å². The molecular formula is C12H14ClFN2O3S. The number of carbonyl (C=O) groups is 1. The van der Waals surface area contributed by atoms with Crippen molar-refractivity contribution in [2.24, 2.45) is 5.73 Å². The zero-order valence-corrected chi connectivity index (χ0v) is 12.1. The summed E-state index contributed by atoms with van der Waals surface area (Å²) in [4.78, 5) is 11.3. The average Bonchev–Trinajstić information content (AvgIpc) is 2.83. The number of hydrogen-bond acceptors (Lipinski definition) is 3. The Labute approximate surface area is 121 Å². The number of carbonyl (C=O) groups excluding carboxylic acids is 1. The first-order chi connectivity index (χ1) is 9.31. The zero-order valence-electron chi connectivity index (χ0n) is 10.6. The molecule has 20 heavy (non-hydrogen) atoms. The van der Waals surface area contributed by atoms with Gasteiger partial charge in [0.15, 0.2) is 0 Å². The fourth-order valence-electron chi connectivity index (χ4n) is 2.29. The van der Waals surface area contributed by atoms with Gasteiger partial charge in [0, 0.05) is 17.1 Å². The lowest BCUT2D eigenvalue weighted by atomic mass is 10.2. The summed E-state index contributed by atoms with van der Waals surface area (Å²) in [7, 11) is -3.81. The highest BCUT2D eigenvalue weighted by Crippen LogP contribution is 2.25. The van der Waals surface area contributed by atoms with Crippen LogP contribution < -0.4 is 5.73 Å². The summed E-state index contributed by atoms with van der Waals surface area (Å²) in [5.41, 5.74) is 5.17. The molecular weight excluding hydrogens is 307 g/mol. The lowest BCUT2D eigenvalue weighted by Gasteiger charge is -2.21. The molecule has 1 atom stereocenters. The molecule has 1 aromatic rings. The van der Waals surface area contributed by atoms with Gasteiger partial charge in [0.05, 0.1) is 5.75 Å². The van der Waals surface area contributed by atoms with Gasteiger partial charge in [-0.1, -0.05) is 11.6 Å². The fraction of sp³-hybridized carbons (Fsp3) is 0.417. The smallest absolute Gasteiger partial charge is 0.235 e. The summed E-state index contributed by atoms with van der Waals surface area (Å²) in [6.45, 7) is 0.220. The first-order valence-corrected chi connectivity index (χ1v) is 8.03. The van der Waals surface area contributed by atoms with Gasteiger partial charge in [-0.3, -0.25) is 4.79 Å². The molecule has 1 amide bonds. The van der Waals surface area contributed by atoms with E-state index in [0.717, 1.165) is 10.4 Å². The third-order valence-electron chi connectivity index (χ3n) is 3.24. The summed E-state index contributed by atoms with van der Waals surface area (Å²) in [6, 6.07) is 2.88. The van der Waals surface area contributed by atoms with Crippen molar-refractivity contribution in [3.8, 4) is 0 Å². The standard InChI is InChI=1S/C12H14ClFN2O3S/c13-9-3-4-10(14)8(6-9)7-20(18,19)16-5-1-2-11(16)12(15)17/h3-4,6,11H,1-2,5,7H2,(H2,15,17)/t11-/m1/s1. The SMILES string of the molecule is NC(=O)[C@H]1CCCN1S(=O)(=O)Cc1cc(Cl)ccc1F. The number of primary amides is 1. The number of halogens is 2. The van der Waals surface area contributed by atoms with Crippen LogP contribution in [0.4, 0.5) is 4.39 Å². The lowest BCUT2D eigenvalue weighted by Crippen LogP contribution is -2.44. The van der Waals surface area contributed by atoms with Crippen molar-refractivity contribution in [3.05, 3.63) is 34.6 Å². The van der Waals surface area contributed by atoms with Gasteiger partial charge in [-0.2, -0.15) is 4.31 Å². The quantitative estimate of drug-likeness (QED) is 0.907. The van der Waals surface area contributed by atoms with Crippen LogP contribution in [0, 0.1) is 5.82 Å². The maximum atomic E-state index is 13.6. The van der Waals surface area contributed by atoms with Gasteiger partial charge in [-0.15, -0.1) is 0 Å². The highest BCUT2D eigenvalue weighted by Gasteiger charge is 2.37. The zero-order chi connectivity index (χ0) is 14.9. The van der Waals surface area contributed by atoms with E-state index in [4.69, 9.17) is 17.3 Å². The molecule has 2 rings (SSSR count). The van der Waals surface area contributed by atoms with E-state index >= 15 is 0 Å². The van der Waals surface area contributed by atoms with Crippen molar-refractivity contribution < 1.29 is 17.6 Å². The summed E-state index contributed by atoms with van der Waals surface area (Å²) in [5.74, 6) is -1.87. The van der Waals surface area contributed by atoms with Crippen LogP contribution in [0.5, 0.6) is 0 Å². The van der Waals surface area contributed by atoms with Crippen LogP contribution in [0.1, 0.15) is 18.4 Å². The summed E-state index contributed by atoms with van der Waals surface area (Å²) in [5, 5.41) is 0.254. The number of rotatable bonds is 4. The van der Waals surface area contributed by atoms with Crippen LogP contribution in [0.2, 0.25) is 5.02 Å². The van der Waals surface area contributed by atoms with Gasteiger partial charge >= 0.3 is 0 Å². The van der Waals surface area contributed by atoms with Gasteiger partial charge < -0.3 is 5.73 Å². The third kappa shape index (κ3) is 3.11. The third-order valence-corrected chi connectivity index (χ3v) is 5.30. The van der Waals surface area contributed by atoms with Crippen molar-refractivity contribution in [2.45, 2.75) is 24.6 Å². The molecule has 1 heterocycles. The van der Waals surface area contributed by atoms with E-state index in [1.165, 1.54) is 12.1 Å². The van der Waals surface area contributed by atoms with Gasteiger partial charge in [0.2, 0.25) is 15.9 Å². The molecule has 8 heteroatoms. The minimum Gasteiger partial charge on any atom is -0.368 e. The first-order valence-electron chi connectivity index (χ1n) is 6.04. The molecule has 0 aliphatic carbocycles. The van der Waals surface area contributed by atoms with Crippen molar-refractivity contribution in [1.82, 2.24) is 4.31 Å². The van der Waals surface area contributed by atoms with Crippen LogP contribution in [0.15, 0.2) is 18.2 Å². The Balaban J connectivity index is 2.27. The maximum absolute atomic E-state index is 13.6. The molecule has 5 nitrogen and oxygen atoms in total. The first kappa shape index (κ1) is 15.2. The highest BCUT2D eigenvalue weighted by atomic mass is 35.5. The minimum absolute atomic E-state index is 0.0207. The highest BCUT2D eigenvalue weighted by molar-refractivity contribution is 7.88. The van der Waals surface area contributed by atoms with Gasteiger partial charge in [-0.05, 0) is 31.0 Å². The number of nitrogens with zero attached hydrogens (tertiary/aromatic N) is 1. The molecule has 1 aliphatic heterocycles. The molecule has 0 aromatic heterocycles. The normalized spacial score (nSPS) is 20.2. The predicted molar refractivity (Wildman–Crippen MR) is 73.0 cm³/mol. The molecule has 0 spiro atoms. The second-order valence-electron chi connectivity index (χ2n) is 4.66. The molecule has 0 unspecified atom stereocenters. The van der Waals surface area contributed by atoms with Crippen LogP contribution in [-0.4, -0.2) is 31.2 Å². The molecule has 1 aromatic carbocycles. The minimum atomic E-state index is -3.81. The van der Waals surface area contributed by atoms with Gasteiger partial charge in [-0.25, -0.2) is 12.8 Å². The Morgan fingerprint density at radius 1 is 1.50 bits per heavy atom. The second kappa shape index (κ2) is 5.67. The fourth-order valence-corrected chi connectivity index (χ4v) is 4.27. The topological polar surface area (TPSA) is 80.5 Å². The van der Waals surface area contributed by atoms with Gasteiger partial charge in [0.1, 0.15) is 11.9 Å². The largest absolute Gasteiger partial charge is 0.368 e. The molecule has 2 N–H and O–H groups in total. The Hall–Kier alpha value is -1.18. The second-order valence-corrected chi connectivity index (χ2v) is 7.02. The molecule has 1 saturated heterocycles. The van der Waals surface area contributed by atoms with E-state index in [-0.39, 0.29) is 17.1 Å². The lowest BCUT2D eigenvalue weighted by molar-refractivity contribution is -0.121. The Morgan fingerprint density at radius 2 is 2.20 bits per heavy atom. The maximum Gasteiger partial charge on any atom is 0.235 e. The summed E-state index contributed by atoms with van der Waals surface area (Å²) < 4.78 is 39.2. The van der Waals surface area contributed by atoms with Crippen molar-refractivity contribution in [2.75, 3.05) is 6.54 Å². The van der Waals surface area contributed by atoms with Crippen LogP contribution in [0.3, 0.4) is 0 Å². The number of nitrogens with two attached hydrogens (primary N) is 1. The Morgan fingerprint density at radius 3 is 2.85 bits per heavy atom. The van der Waals surface area contributed by atoms with Crippen molar-refractivity contribution in [3.63, 3.8) is 0 Å². The van der Waals surface area contributed by atoms with Crippen LogP contribution >= 0.6 is 11.6 Å². The van der Waals surface area contributed by atoms with E-state index in [1.54, 1.807) is 0 Å². The van der Waals surface area contributed by atoms with Crippen molar-refractivity contribution in [1.29, 1.82) is 0 Å². The number of sulfonamides is 1. The Kier molecular flexibility index (Phi) is 4.31. The molecule has 1 aliphatic rings. The van der Waals surface area contributed by atoms with E-state index in [1.807, 2.05) is 0 Å². The van der Waals surface area contributed by atoms with E-state index in [9.17, 15) is 17.6 Å². The average molecular weight is 321 g/mol. The number of hydrogen-bond donors (Lipinski definition) is 1. The molecule has 0 radical (unpaired) electrons. The van der Waals surface area contributed by atoms with Crippen LogP contribution in [-0.2, 0) is 20.6 Å². The number of benzene rings is 1. The van der Waals surface area contributed by atoms with Gasteiger partial charge in [0.25, 0.3) is 0 Å². The van der Waals surface area contributed by atoms with Crippen LogP contribution in [0.25, 0.3) is 0 Å². The molecule has 0 saturated carbocycles.